The average Bonchev–Trinajstić information content (AvgIpc) is 3.22. The Morgan fingerprint density at radius 2 is 1.76 bits per heavy atom. The quantitative estimate of drug-likeness (QED) is 0.456. The maximum Gasteiger partial charge on any atom is 0.143 e. The molecule has 4 heteroatoms. The van der Waals surface area contributed by atoms with Gasteiger partial charge in [-0.25, -0.2) is 0 Å². The third-order valence-electron chi connectivity index (χ3n) is 7.05. The summed E-state index contributed by atoms with van der Waals surface area (Å²) in [4.78, 5) is 7.40. The second-order valence-corrected chi connectivity index (χ2v) is 9.50. The van der Waals surface area contributed by atoms with Crippen LogP contribution in [0.25, 0.3) is 0 Å². The molecule has 4 nitrogen and oxygen atoms in total. The Morgan fingerprint density at radius 3 is 2.64 bits per heavy atom. The van der Waals surface area contributed by atoms with Crippen molar-refractivity contribution in [3.63, 3.8) is 0 Å². The second-order valence-electron chi connectivity index (χ2n) is 9.50. The normalized spacial score (nSPS) is 17.8. The fraction of sp³-hybridized carbons (Fsp3) is 0.379. The van der Waals surface area contributed by atoms with Crippen LogP contribution in [-0.4, -0.2) is 44.7 Å². The van der Waals surface area contributed by atoms with Crippen LogP contribution < -0.4 is 14.5 Å². The first-order valence-electron chi connectivity index (χ1n) is 12.3. The van der Waals surface area contributed by atoms with E-state index in [9.17, 15) is 0 Å². The summed E-state index contributed by atoms with van der Waals surface area (Å²) in [6.45, 7) is 4.00. The second kappa shape index (κ2) is 9.88. The minimum atomic E-state index is 0.567. The summed E-state index contributed by atoms with van der Waals surface area (Å²) in [5.41, 5.74) is 6.46. The van der Waals surface area contributed by atoms with Gasteiger partial charge in [0.25, 0.3) is 0 Å². The average molecular weight is 442 g/mol. The van der Waals surface area contributed by atoms with Gasteiger partial charge in [-0.3, -0.25) is 4.90 Å². The van der Waals surface area contributed by atoms with E-state index in [-0.39, 0.29) is 0 Å². The Hall–Kier alpha value is -2.98. The van der Waals surface area contributed by atoms with Crippen molar-refractivity contribution in [2.75, 3.05) is 43.5 Å². The molecule has 0 saturated carbocycles. The van der Waals surface area contributed by atoms with E-state index in [2.05, 4.69) is 102 Å². The lowest BCUT2D eigenvalue weighted by molar-refractivity contribution is 0.255. The topological polar surface area (TPSA) is 19.0 Å². The minimum Gasteiger partial charge on any atom is -0.487 e. The first-order valence-corrected chi connectivity index (χ1v) is 12.3. The molecule has 0 amide bonds. The van der Waals surface area contributed by atoms with Crippen molar-refractivity contribution >= 4 is 17.1 Å². The van der Waals surface area contributed by atoms with Gasteiger partial charge in [-0.1, -0.05) is 42.5 Å². The fourth-order valence-corrected chi connectivity index (χ4v) is 5.26. The number of hydrogen-bond donors (Lipinski definition) is 0. The zero-order valence-corrected chi connectivity index (χ0v) is 19.9. The molecule has 1 atom stereocenters. The number of anilines is 3. The van der Waals surface area contributed by atoms with Crippen molar-refractivity contribution in [2.24, 2.45) is 0 Å². The predicted octanol–water partition coefficient (Wildman–Crippen LogP) is 5.88. The number of ether oxygens (including phenoxy) is 1. The summed E-state index contributed by atoms with van der Waals surface area (Å²) in [5, 5.41) is 0. The summed E-state index contributed by atoms with van der Waals surface area (Å²) in [6.07, 6.45) is 4.88. The number of para-hydroxylation sites is 3. The van der Waals surface area contributed by atoms with Crippen LogP contribution in [0.1, 0.15) is 30.4 Å². The van der Waals surface area contributed by atoms with E-state index >= 15 is 0 Å². The number of fused-ring (bicyclic) bond motifs is 2. The van der Waals surface area contributed by atoms with Crippen LogP contribution in [0.4, 0.5) is 17.1 Å². The molecular weight excluding hydrogens is 406 g/mol. The molecule has 5 rings (SSSR count). The molecular formula is C29H35N3O. The van der Waals surface area contributed by atoms with Crippen LogP contribution in [0, 0.1) is 0 Å². The number of likely N-dealkylation sites (tertiary alicyclic amines) is 1. The monoisotopic (exact) mass is 441 g/mol. The van der Waals surface area contributed by atoms with Crippen LogP contribution in [-0.2, 0) is 13.0 Å². The van der Waals surface area contributed by atoms with Crippen LogP contribution in [0.3, 0.4) is 0 Å². The molecule has 2 aliphatic heterocycles. The van der Waals surface area contributed by atoms with Gasteiger partial charge in [0.2, 0.25) is 0 Å². The number of hydrogen-bond acceptors (Lipinski definition) is 4. The van der Waals surface area contributed by atoms with Crippen molar-refractivity contribution in [3.8, 4) is 5.75 Å². The largest absolute Gasteiger partial charge is 0.487 e. The van der Waals surface area contributed by atoms with Crippen molar-refractivity contribution in [2.45, 2.75) is 38.3 Å². The van der Waals surface area contributed by atoms with Crippen molar-refractivity contribution in [3.05, 3.63) is 83.9 Å². The van der Waals surface area contributed by atoms with Crippen molar-refractivity contribution in [1.82, 2.24) is 4.90 Å². The van der Waals surface area contributed by atoms with Crippen molar-refractivity contribution in [1.29, 1.82) is 0 Å². The summed E-state index contributed by atoms with van der Waals surface area (Å²) in [5.74, 6) is 0.985. The zero-order valence-electron chi connectivity index (χ0n) is 19.9. The van der Waals surface area contributed by atoms with E-state index in [1.54, 1.807) is 0 Å². The van der Waals surface area contributed by atoms with Gasteiger partial charge in [0.05, 0.1) is 5.69 Å². The van der Waals surface area contributed by atoms with E-state index in [1.165, 1.54) is 54.0 Å². The maximum absolute atomic E-state index is 6.18. The fourth-order valence-electron chi connectivity index (χ4n) is 5.26. The highest BCUT2D eigenvalue weighted by molar-refractivity contribution is 5.72. The molecule has 0 aliphatic carbocycles. The molecule has 0 N–H and O–H groups in total. The van der Waals surface area contributed by atoms with Gasteiger partial charge in [0.15, 0.2) is 0 Å². The number of aryl methyl sites for hydroxylation is 1. The van der Waals surface area contributed by atoms with Crippen LogP contribution in [0.2, 0.25) is 0 Å². The van der Waals surface area contributed by atoms with Gasteiger partial charge >= 0.3 is 0 Å². The first-order chi connectivity index (χ1) is 16.2. The molecule has 172 valence electrons. The SMILES string of the molecule is CN(C)c1cccc(CCCN2CCC[C@@H]2CN2c3ccccc3COc3ccccc32)c1. The van der Waals surface area contributed by atoms with Crippen LogP contribution >= 0.6 is 0 Å². The highest BCUT2D eigenvalue weighted by atomic mass is 16.5. The van der Waals surface area contributed by atoms with Gasteiger partial charge in [-0.2, -0.15) is 0 Å². The molecule has 0 aromatic heterocycles. The van der Waals surface area contributed by atoms with Crippen LogP contribution in [0.15, 0.2) is 72.8 Å². The van der Waals surface area contributed by atoms with Gasteiger partial charge in [0.1, 0.15) is 12.4 Å². The van der Waals surface area contributed by atoms with E-state index < -0.39 is 0 Å². The molecule has 3 aromatic rings. The molecule has 2 aliphatic rings. The Bertz CT molecular complexity index is 1030. The molecule has 33 heavy (non-hydrogen) atoms. The Morgan fingerprint density at radius 1 is 0.939 bits per heavy atom. The lowest BCUT2D eigenvalue weighted by atomic mass is 10.1. The molecule has 1 saturated heterocycles. The molecule has 3 aromatic carbocycles. The molecule has 0 bridgehead atoms. The van der Waals surface area contributed by atoms with Gasteiger partial charge in [0, 0.05) is 43.6 Å². The number of benzene rings is 3. The predicted molar refractivity (Wildman–Crippen MR) is 138 cm³/mol. The molecule has 0 unspecified atom stereocenters. The Kier molecular flexibility index (Phi) is 6.54. The summed E-state index contributed by atoms with van der Waals surface area (Å²) < 4.78 is 6.18. The zero-order chi connectivity index (χ0) is 22.6. The lowest BCUT2D eigenvalue weighted by Crippen LogP contribution is -2.39. The molecule has 2 heterocycles. The van der Waals surface area contributed by atoms with E-state index in [1.807, 2.05) is 0 Å². The van der Waals surface area contributed by atoms with Gasteiger partial charge in [-0.15, -0.1) is 0 Å². The molecule has 0 radical (unpaired) electrons. The smallest absolute Gasteiger partial charge is 0.143 e. The highest BCUT2D eigenvalue weighted by Gasteiger charge is 2.29. The molecule has 0 spiro atoms. The first kappa shape index (κ1) is 21.8. The number of rotatable bonds is 7. The summed E-state index contributed by atoms with van der Waals surface area (Å²) >= 11 is 0. The summed E-state index contributed by atoms with van der Waals surface area (Å²) in [7, 11) is 4.22. The van der Waals surface area contributed by atoms with Crippen molar-refractivity contribution < 1.29 is 4.74 Å². The third-order valence-corrected chi connectivity index (χ3v) is 7.05. The standard InChI is InChI=1S/C29H35N3O/c1-30(2)25-13-7-10-23(20-25)11-8-18-31-19-9-14-26(31)21-32-27-15-4-3-12-24(27)22-33-29-17-6-5-16-28(29)32/h3-7,10,12-13,15-17,20,26H,8-9,11,14,18-19,21-22H2,1-2H3/t26-/m1/s1. The number of nitrogens with zero attached hydrogens (tertiary/aromatic N) is 3. The lowest BCUT2D eigenvalue weighted by Gasteiger charge is -2.32. The van der Waals surface area contributed by atoms with E-state index in [4.69, 9.17) is 4.74 Å². The van der Waals surface area contributed by atoms with E-state index in [0.29, 0.717) is 12.6 Å². The Labute approximate surface area is 198 Å². The highest BCUT2D eigenvalue weighted by Crippen LogP contribution is 2.40. The third kappa shape index (κ3) is 4.86. The molecule has 1 fully saturated rings. The van der Waals surface area contributed by atoms with E-state index in [0.717, 1.165) is 25.3 Å². The van der Waals surface area contributed by atoms with Gasteiger partial charge < -0.3 is 14.5 Å². The van der Waals surface area contributed by atoms with Gasteiger partial charge in [-0.05, 0) is 74.7 Å². The summed E-state index contributed by atoms with van der Waals surface area (Å²) in [6, 6.07) is 26.7. The van der Waals surface area contributed by atoms with Crippen LogP contribution in [0.5, 0.6) is 5.75 Å². The Balaban J connectivity index is 1.29. The minimum absolute atomic E-state index is 0.567. The maximum atomic E-state index is 6.18.